The monoisotopic (exact) mass is 341 g/mol. The maximum Gasteiger partial charge on any atom is 0.267 e. The van der Waals surface area contributed by atoms with E-state index < -0.39 is 0 Å². The van der Waals surface area contributed by atoms with Gasteiger partial charge in [-0.1, -0.05) is 19.1 Å². The molecule has 2 aromatic rings. The topological polar surface area (TPSA) is 71.1 Å². The number of hydrogen-bond acceptors (Lipinski definition) is 4. The second kappa shape index (κ2) is 9.42. The summed E-state index contributed by atoms with van der Waals surface area (Å²) >= 11 is 1.53. The van der Waals surface area contributed by atoms with Crippen LogP contribution < -0.4 is 10.6 Å². The average Bonchev–Trinajstić information content (AvgIpc) is 3.12. The van der Waals surface area contributed by atoms with Crippen LogP contribution in [0.2, 0.25) is 0 Å². The van der Waals surface area contributed by atoms with Gasteiger partial charge in [-0.3, -0.25) is 14.6 Å². The Balaban J connectivity index is 2.11. The number of rotatable bonds is 7. The third-order valence-corrected chi connectivity index (χ3v) is 3.81. The summed E-state index contributed by atoms with van der Waals surface area (Å²) in [6, 6.07) is 7.41. The quantitative estimate of drug-likeness (QED) is 0.761. The van der Waals surface area contributed by atoms with Gasteiger partial charge in [0.05, 0.1) is 0 Å². The van der Waals surface area contributed by atoms with Crippen molar-refractivity contribution in [2.24, 2.45) is 0 Å². The van der Waals surface area contributed by atoms with E-state index in [1.54, 1.807) is 30.6 Å². The Hall–Kier alpha value is -2.73. The van der Waals surface area contributed by atoms with Crippen LogP contribution in [0.1, 0.15) is 23.8 Å². The molecular weight excluding hydrogens is 322 g/mol. The Morgan fingerprint density at radius 1 is 1.29 bits per heavy atom. The van der Waals surface area contributed by atoms with E-state index in [1.807, 2.05) is 30.5 Å². The second-order valence-corrected chi connectivity index (χ2v) is 5.92. The second-order valence-electron chi connectivity index (χ2n) is 4.94. The molecule has 0 aromatic carbocycles. The van der Waals surface area contributed by atoms with Gasteiger partial charge in [-0.25, -0.2) is 0 Å². The Bertz CT molecular complexity index is 722. The molecule has 2 heterocycles. The molecule has 6 heteroatoms. The highest BCUT2D eigenvalue weighted by Gasteiger charge is 2.11. The minimum absolute atomic E-state index is 0.192. The molecule has 0 radical (unpaired) electrons. The number of aromatic nitrogens is 1. The van der Waals surface area contributed by atoms with E-state index in [9.17, 15) is 9.59 Å². The summed E-state index contributed by atoms with van der Waals surface area (Å²) in [5.74, 6) is -0.677. The van der Waals surface area contributed by atoms with Crippen LogP contribution in [0, 0.1) is 0 Å². The molecule has 2 N–H and O–H groups in total. The van der Waals surface area contributed by atoms with E-state index in [2.05, 4.69) is 15.6 Å². The fraction of sp³-hybridized carbons (Fsp3) is 0.167. The molecule has 24 heavy (non-hydrogen) atoms. The lowest BCUT2D eigenvalue weighted by molar-refractivity contribution is -0.121. The number of nitrogens with zero attached hydrogens (tertiary/aromatic N) is 1. The Kier molecular flexibility index (Phi) is 6.91. The van der Waals surface area contributed by atoms with Crippen LogP contribution in [-0.4, -0.2) is 23.3 Å². The maximum absolute atomic E-state index is 12.2. The van der Waals surface area contributed by atoms with Crippen molar-refractivity contribution in [3.8, 4) is 0 Å². The molecular formula is C18H19N3O2S. The molecule has 0 bridgehead atoms. The van der Waals surface area contributed by atoms with Crippen LogP contribution in [-0.2, 0) is 9.59 Å². The van der Waals surface area contributed by atoms with Crippen LogP contribution in [0.4, 0.5) is 0 Å². The lowest BCUT2D eigenvalue weighted by Crippen LogP contribution is -2.34. The largest absolute Gasteiger partial charge is 0.351 e. The molecule has 2 rings (SSSR count). The van der Waals surface area contributed by atoms with E-state index in [0.29, 0.717) is 6.54 Å². The molecule has 0 atom stereocenters. The summed E-state index contributed by atoms with van der Waals surface area (Å²) in [6.07, 6.45) is 8.83. The summed E-state index contributed by atoms with van der Waals surface area (Å²) in [5, 5.41) is 7.33. The van der Waals surface area contributed by atoms with E-state index in [1.165, 1.54) is 17.4 Å². The molecule has 0 unspecified atom stereocenters. The molecule has 124 valence electrons. The minimum atomic E-state index is -0.356. The number of amides is 2. The molecule has 0 aliphatic rings. The SMILES string of the molecule is CCCNC(=O)C(=Cc1cccnc1)NC(=O)/C=C/c1cccs1. The van der Waals surface area contributed by atoms with Gasteiger partial charge in [0.25, 0.3) is 5.91 Å². The van der Waals surface area contributed by atoms with Crippen molar-refractivity contribution >= 4 is 35.3 Å². The van der Waals surface area contributed by atoms with E-state index in [-0.39, 0.29) is 17.5 Å². The number of hydrogen-bond donors (Lipinski definition) is 2. The van der Waals surface area contributed by atoms with Crippen LogP contribution in [0.3, 0.4) is 0 Å². The predicted octanol–water partition coefficient (Wildman–Crippen LogP) is 2.84. The average molecular weight is 341 g/mol. The molecule has 0 saturated carbocycles. The van der Waals surface area contributed by atoms with Gasteiger partial charge in [-0.15, -0.1) is 11.3 Å². The van der Waals surface area contributed by atoms with Crippen molar-refractivity contribution in [1.29, 1.82) is 0 Å². The summed E-state index contributed by atoms with van der Waals surface area (Å²) < 4.78 is 0. The summed E-state index contributed by atoms with van der Waals surface area (Å²) in [5.41, 5.74) is 0.930. The predicted molar refractivity (Wildman–Crippen MR) is 97.0 cm³/mol. The molecule has 0 saturated heterocycles. The van der Waals surface area contributed by atoms with Crippen molar-refractivity contribution in [2.75, 3.05) is 6.54 Å². The minimum Gasteiger partial charge on any atom is -0.351 e. The van der Waals surface area contributed by atoms with Gasteiger partial charge in [0.15, 0.2) is 0 Å². The molecule has 0 aliphatic carbocycles. The van der Waals surface area contributed by atoms with Crippen molar-refractivity contribution < 1.29 is 9.59 Å². The van der Waals surface area contributed by atoms with E-state index >= 15 is 0 Å². The van der Waals surface area contributed by atoms with Crippen LogP contribution in [0.25, 0.3) is 12.2 Å². The molecule has 2 amide bonds. The summed E-state index contributed by atoms with van der Waals surface area (Å²) in [7, 11) is 0. The first kappa shape index (κ1) is 17.6. The molecule has 2 aromatic heterocycles. The van der Waals surface area contributed by atoms with Crippen molar-refractivity contribution in [1.82, 2.24) is 15.6 Å². The third-order valence-electron chi connectivity index (χ3n) is 2.98. The lowest BCUT2D eigenvalue weighted by atomic mass is 10.2. The van der Waals surface area contributed by atoms with Gasteiger partial charge < -0.3 is 10.6 Å². The van der Waals surface area contributed by atoms with Gasteiger partial charge >= 0.3 is 0 Å². The zero-order valence-electron chi connectivity index (χ0n) is 13.4. The highest BCUT2D eigenvalue weighted by atomic mass is 32.1. The van der Waals surface area contributed by atoms with Gasteiger partial charge in [0, 0.05) is 29.9 Å². The first-order valence-corrected chi connectivity index (χ1v) is 8.49. The normalized spacial score (nSPS) is 11.5. The van der Waals surface area contributed by atoms with Gasteiger partial charge in [0.1, 0.15) is 5.70 Å². The van der Waals surface area contributed by atoms with Gasteiger partial charge in [-0.05, 0) is 41.6 Å². The van der Waals surface area contributed by atoms with E-state index in [0.717, 1.165) is 16.9 Å². The number of carbonyl (C=O) groups is 2. The summed E-state index contributed by atoms with van der Waals surface area (Å²) in [4.78, 5) is 29.3. The number of carbonyl (C=O) groups excluding carboxylic acids is 2. The number of thiophene rings is 1. The van der Waals surface area contributed by atoms with Crippen LogP contribution >= 0.6 is 11.3 Å². The van der Waals surface area contributed by atoms with Crippen molar-refractivity contribution in [3.05, 3.63) is 64.3 Å². The first-order chi connectivity index (χ1) is 11.7. The summed E-state index contributed by atoms with van der Waals surface area (Å²) in [6.45, 7) is 2.51. The highest BCUT2D eigenvalue weighted by molar-refractivity contribution is 7.10. The van der Waals surface area contributed by atoms with Gasteiger partial charge in [0.2, 0.25) is 5.91 Å². The highest BCUT2D eigenvalue weighted by Crippen LogP contribution is 2.10. The smallest absolute Gasteiger partial charge is 0.267 e. The number of nitrogens with one attached hydrogen (secondary N) is 2. The molecule has 0 fully saturated rings. The Morgan fingerprint density at radius 2 is 2.17 bits per heavy atom. The van der Waals surface area contributed by atoms with Crippen molar-refractivity contribution in [3.63, 3.8) is 0 Å². The molecule has 0 spiro atoms. The zero-order valence-corrected chi connectivity index (χ0v) is 14.2. The van der Waals surface area contributed by atoms with Crippen molar-refractivity contribution in [2.45, 2.75) is 13.3 Å². The zero-order chi connectivity index (χ0) is 17.2. The van der Waals surface area contributed by atoms with Crippen LogP contribution in [0.5, 0.6) is 0 Å². The Morgan fingerprint density at radius 3 is 2.83 bits per heavy atom. The maximum atomic E-state index is 12.2. The van der Waals surface area contributed by atoms with Gasteiger partial charge in [-0.2, -0.15) is 0 Å². The lowest BCUT2D eigenvalue weighted by Gasteiger charge is -2.09. The first-order valence-electron chi connectivity index (χ1n) is 7.61. The van der Waals surface area contributed by atoms with Crippen LogP contribution in [0.15, 0.2) is 53.8 Å². The molecule has 0 aliphatic heterocycles. The number of pyridine rings is 1. The van der Waals surface area contributed by atoms with E-state index in [4.69, 9.17) is 0 Å². The third kappa shape index (κ3) is 5.81. The molecule has 5 nitrogen and oxygen atoms in total. The fourth-order valence-corrected chi connectivity index (χ4v) is 2.46. The Labute approximate surface area is 145 Å². The fourth-order valence-electron chi connectivity index (χ4n) is 1.84. The standard InChI is InChI=1S/C18H19N3O2S/c1-2-9-20-18(23)16(12-14-5-3-10-19-13-14)21-17(22)8-7-15-6-4-11-24-15/h3-8,10-13H,2,9H2,1H3,(H,20,23)(H,21,22)/b8-7+,16-12?.